The van der Waals surface area contributed by atoms with Gasteiger partial charge in [-0.15, -0.1) is 0 Å². The second-order valence-corrected chi connectivity index (χ2v) is 4.30. The van der Waals surface area contributed by atoms with Crippen molar-refractivity contribution in [1.29, 1.82) is 0 Å². The van der Waals surface area contributed by atoms with Crippen LogP contribution in [0.5, 0.6) is 0 Å². The standard InChI is InChI=1S/C15H14ClFN2O/c1-20-13-4-2-11(8-12(17)9-13)3-5-14-15(6-7-16)19-10-18-14/h2-10,12H,1H3,(H,18,19)/b5-3+,7-6+. The molecular formula is C15H14ClFN2O. The van der Waals surface area contributed by atoms with Crippen LogP contribution in [-0.2, 0) is 4.74 Å². The maximum Gasteiger partial charge on any atom is 0.141 e. The van der Waals surface area contributed by atoms with E-state index in [1.165, 1.54) is 24.8 Å². The monoisotopic (exact) mass is 292 g/mol. The molecule has 0 bridgehead atoms. The Hall–Kier alpha value is -2.07. The molecule has 1 aromatic rings. The Kier molecular flexibility index (Phi) is 4.96. The van der Waals surface area contributed by atoms with Crippen molar-refractivity contribution in [2.24, 2.45) is 0 Å². The highest BCUT2D eigenvalue weighted by Gasteiger charge is 2.06. The Balaban J connectivity index is 2.17. The molecule has 0 amide bonds. The summed E-state index contributed by atoms with van der Waals surface area (Å²) in [6.07, 6.45) is 12.1. The molecule has 1 aliphatic carbocycles. The van der Waals surface area contributed by atoms with Crippen molar-refractivity contribution in [3.05, 3.63) is 65.0 Å². The number of nitrogens with one attached hydrogen (secondary N) is 1. The number of rotatable bonds is 4. The van der Waals surface area contributed by atoms with Crippen LogP contribution in [-0.4, -0.2) is 23.2 Å². The van der Waals surface area contributed by atoms with Crippen molar-refractivity contribution in [3.63, 3.8) is 0 Å². The van der Waals surface area contributed by atoms with E-state index in [-0.39, 0.29) is 0 Å². The van der Waals surface area contributed by atoms with Crippen LogP contribution < -0.4 is 0 Å². The van der Waals surface area contributed by atoms with Crippen LogP contribution in [0.25, 0.3) is 12.2 Å². The lowest BCUT2D eigenvalue weighted by atomic mass is 10.1. The smallest absolute Gasteiger partial charge is 0.141 e. The van der Waals surface area contributed by atoms with Crippen molar-refractivity contribution in [2.45, 2.75) is 6.17 Å². The Bertz CT molecular complexity index is 611. The van der Waals surface area contributed by atoms with Gasteiger partial charge in [-0.3, -0.25) is 0 Å². The number of H-pyrrole nitrogens is 1. The number of hydrogen-bond acceptors (Lipinski definition) is 2. The van der Waals surface area contributed by atoms with Crippen LogP contribution >= 0.6 is 11.6 Å². The molecule has 1 aliphatic rings. The van der Waals surface area contributed by atoms with Gasteiger partial charge in [0.1, 0.15) is 11.9 Å². The molecule has 1 atom stereocenters. The van der Waals surface area contributed by atoms with Gasteiger partial charge in [0.2, 0.25) is 0 Å². The maximum atomic E-state index is 13.6. The molecule has 0 aromatic carbocycles. The molecular weight excluding hydrogens is 279 g/mol. The minimum Gasteiger partial charge on any atom is -0.497 e. The molecule has 1 aromatic heterocycles. The number of aromatic amines is 1. The van der Waals surface area contributed by atoms with Crippen molar-refractivity contribution in [1.82, 2.24) is 9.97 Å². The van der Waals surface area contributed by atoms with Crippen LogP contribution in [0.4, 0.5) is 4.39 Å². The van der Waals surface area contributed by atoms with Gasteiger partial charge in [0.15, 0.2) is 0 Å². The molecule has 104 valence electrons. The molecule has 0 fully saturated rings. The summed E-state index contributed by atoms with van der Waals surface area (Å²) < 4.78 is 18.7. The van der Waals surface area contributed by atoms with Gasteiger partial charge in [-0.1, -0.05) is 23.8 Å². The lowest BCUT2D eigenvalue weighted by Crippen LogP contribution is -1.91. The third-order valence-corrected chi connectivity index (χ3v) is 2.84. The Morgan fingerprint density at radius 3 is 2.90 bits per heavy atom. The normalized spacial score (nSPS) is 19.2. The van der Waals surface area contributed by atoms with Crippen LogP contribution in [0.3, 0.4) is 0 Å². The number of ether oxygens (including phenoxy) is 1. The molecule has 1 unspecified atom stereocenters. The first-order valence-electron chi connectivity index (χ1n) is 6.01. The average Bonchev–Trinajstić information content (AvgIpc) is 2.79. The van der Waals surface area contributed by atoms with Gasteiger partial charge in [0, 0.05) is 5.54 Å². The third-order valence-electron chi connectivity index (χ3n) is 2.71. The van der Waals surface area contributed by atoms with Crippen molar-refractivity contribution >= 4 is 23.8 Å². The predicted octanol–water partition coefficient (Wildman–Crippen LogP) is 4.00. The SMILES string of the molecule is COC1=CC(F)C=C(/C=C/c2nc[nH]c2/C=C/Cl)C=C1. The maximum absolute atomic E-state index is 13.6. The summed E-state index contributed by atoms with van der Waals surface area (Å²) in [4.78, 5) is 7.11. The fraction of sp³-hybridized carbons (Fsp3) is 0.133. The van der Waals surface area contributed by atoms with Crippen molar-refractivity contribution in [3.8, 4) is 0 Å². The first-order valence-corrected chi connectivity index (χ1v) is 6.44. The van der Waals surface area contributed by atoms with E-state index in [1.54, 1.807) is 36.7 Å². The Labute approximate surface area is 121 Å². The van der Waals surface area contributed by atoms with E-state index in [1.807, 2.05) is 0 Å². The highest BCUT2D eigenvalue weighted by Crippen LogP contribution is 2.16. The summed E-state index contributed by atoms with van der Waals surface area (Å²) in [5.41, 5.74) is 3.67. The molecule has 3 nitrogen and oxygen atoms in total. The quantitative estimate of drug-likeness (QED) is 0.911. The fourth-order valence-corrected chi connectivity index (χ4v) is 1.87. The summed E-state index contributed by atoms with van der Waals surface area (Å²) >= 11 is 5.54. The van der Waals surface area contributed by atoms with E-state index in [0.29, 0.717) is 5.76 Å². The number of imidazole rings is 1. The molecule has 0 aliphatic heterocycles. The summed E-state index contributed by atoms with van der Waals surface area (Å²) in [7, 11) is 1.51. The number of aromatic nitrogens is 2. The zero-order valence-corrected chi connectivity index (χ0v) is 11.6. The molecule has 20 heavy (non-hydrogen) atoms. The number of halogens is 2. The first kappa shape index (κ1) is 14.3. The minimum absolute atomic E-state index is 0.502. The summed E-state index contributed by atoms with van der Waals surface area (Å²) in [6.45, 7) is 0. The van der Waals surface area contributed by atoms with E-state index in [4.69, 9.17) is 16.3 Å². The minimum atomic E-state index is -1.18. The number of alkyl halides is 1. The van der Waals surface area contributed by atoms with E-state index in [9.17, 15) is 4.39 Å². The highest BCUT2D eigenvalue weighted by molar-refractivity contribution is 6.27. The number of hydrogen-bond donors (Lipinski definition) is 1. The van der Waals surface area contributed by atoms with E-state index in [0.717, 1.165) is 17.0 Å². The first-order chi connectivity index (χ1) is 9.72. The van der Waals surface area contributed by atoms with Crippen molar-refractivity contribution < 1.29 is 9.13 Å². The topological polar surface area (TPSA) is 37.9 Å². The van der Waals surface area contributed by atoms with E-state index >= 15 is 0 Å². The van der Waals surface area contributed by atoms with E-state index < -0.39 is 6.17 Å². The van der Waals surface area contributed by atoms with E-state index in [2.05, 4.69) is 9.97 Å². The summed E-state index contributed by atoms with van der Waals surface area (Å²) in [5.74, 6) is 0.502. The highest BCUT2D eigenvalue weighted by atomic mass is 35.5. The average molecular weight is 293 g/mol. The van der Waals surface area contributed by atoms with Crippen LogP contribution in [0.1, 0.15) is 11.4 Å². The predicted molar refractivity (Wildman–Crippen MR) is 79.7 cm³/mol. The van der Waals surface area contributed by atoms with Gasteiger partial charge in [-0.05, 0) is 36.0 Å². The molecule has 0 saturated carbocycles. The number of allylic oxidation sites excluding steroid dienone is 6. The van der Waals surface area contributed by atoms with Crippen molar-refractivity contribution in [2.75, 3.05) is 7.11 Å². The second kappa shape index (κ2) is 6.91. The Morgan fingerprint density at radius 1 is 1.30 bits per heavy atom. The van der Waals surface area contributed by atoms with Crippen LogP contribution in [0, 0.1) is 0 Å². The molecule has 0 radical (unpaired) electrons. The molecule has 5 heteroatoms. The number of nitrogens with zero attached hydrogens (tertiary/aromatic N) is 1. The second-order valence-electron chi connectivity index (χ2n) is 4.05. The third kappa shape index (κ3) is 3.71. The van der Waals surface area contributed by atoms with Crippen LogP contribution in [0.2, 0.25) is 0 Å². The van der Waals surface area contributed by atoms with Gasteiger partial charge in [0.25, 0.3) is 0 Å². The van der Waals surface area contributed by atoms with Gasteiger partial charge < -0.3 is 9.72 Å². The number of methoxy groups -OCH3 is 1. The summed E-state index contributed by atoms with van der Waals surface area (Å²) in [6, 6.07) is 0. The Morgan fingerprint density at radius 2 is 2.15 bits per heavy atom. The van der Waals surface area contributed by atoms with Gasteiger partial charge in [-0.25, -0.2) is 9.37 Å². The molecule has 1 heterocycles. The zero-order valence-electron chi connectivity index (χ0n) is 10.9. The van der Waals surface area contributed by atoms with Gasteiger partial charge in [0.05, 0.1) is 24.8 Å². The summed E-state index contributed by atoms with van der Waals surface area (Å²) in [5, 5.41) is 0. The molecule has 1 N–H and O–H groups in total. The molecule has 2 rings (SSSR count). The lowest BCUT2D eigenvalue weighted by molar-refractivity contribution is 0.300. The van der Waals surface area contributed by atoms with Gasteiger partial charge in [-0.2, -0.15) is 0 Å². The van der Waals surface area contributed by atoms with Crippen LogP contribution in [0.15, 0.2) is 53.6 Å². The molecule has 0 saturated heterocycles. The fourth-order valence-electron chi connectivity index (χ4n) is 1.74. The zero-order chi connectivity index (χ0) is 14.4. The lowest BCUT2D eigenvalue weighted by Gasteiger charge is -1.98. The largest absolute Gasteiger partial charge is 0.497 e. The molecule has 0 spiro atoms. The van der Waals surface area contributed by atoms with Gasteiger partial charge >= 0.3 is 0 Å².